The maximum absolute atomic E-state index is 12.2. The number of aromatic nitrogens is 1. The van der Waals surface area contributed by atoms with Crippen LogP contribution in [0.2, 0.25) is 0 Å². The largest absolute Gasteiger partial charge is 0.352 e. The summed E-state index contributed by atoms with van der Waals surface area (Å²) in [7, 11) is 0. The number of hydrogen-bond donors (Lipinski definition) is 2. The first-order valence-corrected chi connectivity index (χ1v) is 8.02. The molecule has 2 N–H and O–H groups in total. The van der Waals surface area contributed by atoms with Crippen LogP contribution >= 0.6 is 0 Å². The zero-order chi connectivity index (χ0) is 16.5. The molecular formula is C18H23N3O2. The Hall–Kier alpha value is -2.43. The average molecular weight is 313 g/mol. The molecule has 122 valence electrons. The monoisotopic (exact) mass is 313 g/mol. The van der Waals surface area contributed by atoms with E-state index in [2.05, 4.69) is 28.3 Å². The average Bonchev–Trinajstić information content (AvgIpc) is 2.60. The van der Waals surface area contributed by atoms with Crippen molar-refractivity contribution in [3.8, 4) is 0 Å². The molecule has 1 aromatic heterocycles. The van der Waals surface area contributed by atoms with Crippen molar-refractivity contribution >= 4 is 11.8 Å². The van der Waals surface area contributed by atoms with E-state index in [-0.39, 0.29) is 17.5 Å². The van der Waals surface area contributed by atoms with Gasteiger partial charge in [0.25, 0.3) is 11.8 Å². The van der Waals surface area contributed by atoms with Crippen molar-refractivity contribution < 1.29 is 9.59 Å². The smallest absolute Gasteiger partial charge is 0.270 e. The lowest BCUT2D eigenvalue weighted by Crippen LogP contribution is -2.27. The van der Waals surface area contributed by atoms with Crippen LogP contribution in [0.5, 0.6) is 0 Å². The quantitative estimate of drug-likeness (QED) is 0.760. The van der Waals surface area contributed by atoms with Gasteiger partial charge in [0.15, 0.2) is 0 Å². The van der Waals surface area contributed by atoms with Gasteiger partial charge in [-0.3, -0.25) is 14.6 Å². The standard InChI is InChI=1S/C18H23N3O2/c1-2-10-20-18(23)16-13-15(9-12-19-16)17(22)21-11-8-14-6-4-3-5-7-14/h2,6,9,12-13H,1,3-5,7-8,10-11H2,(H,20,23)(H,21,22). The summed E-state index contributed by atoms with van der Waals surface area (Å²) in [4.78, 5) is 28.0. The highest BCUT2D eigenvalue weighted by molar-refractivity contribution is 5.98. The maximum atomic E-state index is 12.2. The lowest BCUT2D eigenvalue weighted by atomic mass is 9.97. The molecule has 1 aliphatic rings. The fourth-order valence-corrected chi connectivity index (χ4v) is 2.52. The molecule has 1 heterocycles. The second kappa shape index (κ2) is 8.88. The second-order valence-corrected chi connectivity index (χ2v) is 5.54. The first-order valence-electron chi connectivity index (χ1n) is 8.02. The fraction of sp³-hybridized carbons (Fsp3) is 0.389. The van der Waals surface area contributed by atoms with Gasteiger partial charge in [0.2, 0.25) is 0 Å². The third kappa shape index (κ3) is 5.36. The van der Waals surface area contributed by atoms with Gasteiger partial charge in [-0.1, -0.05) is 17.7 Å². The molecule has 0 atom stereocenters. The van der Waals surface area contributed by atoms with Crippen molar-refractivity contribution in [2.24, 2.45) is 0 Å². The number of amides is 2. The third-order valence-electron chi connectivity index (χ3n) is 3.78. The van der Waals surface area contributed by atoms with Crippen LogP contribution in [-0.4, -0.2) is 29.9 Å². The van der Waals surface area contributed by atoms with Crippen molar-refractivity contribution in [1.29, 1.82) is 0 Å². The topological polar surface area (TPSA) is 71.1 Å². The molecule has 0 spiro atoms. The number of rotatable bonds is 7. The summed E-state index contributed by atoms with van der Waals surface area (Å²) in [6, 6.07) is 3.12. The Morgan fingerprint density at radius 3 is 2.87 bits per heavy atom. The predicted molar refractivity (Wildman–Crippen MR) is 90.3 cm³/mol. The van der Waals surface area contributed by atoms with Crippen molar-refractivity contribution in [3.63, 3.8) is 0 Å². The molecule has 0 saturated carbocycles. The molecule has 0 bridgehead atoms. The minimum Gasteiger partial charge on any atom is -0.352 e. The van der Waals surface area contributed by atoms with Crippen molar-refractivity contribution in [1.82, 2.24) is 15.6 Å². The molecule has 1 aromatic rings. The molecule has 0 aromatic carbocycles. The molecule has 5 heteroatoms. The summed E-state index contributed by atoms with van der Waals surface area (Å²) in [5.41, 5.74) is 2.10. The number of carbonyl (C=O) groups is 2. The number of allylic oxidation sites excluding steroid dienone is 1. The van der Waals surface area contributed by atoms with Gasteiger partial charge in [-0.15, -0.1) is 6.58 Å². The molecule has 0 unspecified atom stereocenters. The van der Waals surface area contributed by atoms with E-state index in [1.807, 2.05) is 0 Å². The molecule has 0 saturated heterocycles. The van der Waals surface area contributed by atoms with Gasteiger partial charge in [-0.25, -0.2) is 0 Å². The minimum absolute atomic E-state index is 0.179. The summed E-state index contributed by atoms with van der Waals surface area (Å²) < 4.78 is 0. The van der Waals surface area contributed by atoms with Crippen LogP contribution in [0.1, 0.15) is 53.0 Å². The normalized spacial score (nSPS) is 13.8. The Morgan fingerprint density at radius 2 is 2.13 bits per heavy atom. The van der Waals surface area contributed by atoms with E-state index in [0.717, 1.165) is 19.3 Å². The fourth-order valence-electron chi connectivity index (χ4n) is 2.52. The lowest BCUT2D eigenvalue weighted by Gasteiger charge is -2.13. The highest BCUT2D eigenvalue weighted by Crippen LogP contribution is 2.19. The number of hydrogen-bond acceptors (Lipinski definition) is 3. The van der Waals surface area contributed by atoms with Crippen LogP contribution in [0.15, 0.2) is 42.6 Å². The van der Waals surface area contributed by atoms with Gasteiger partial charge in [0.05, 0.1) is 0 Å². The van der Waals surface area contributed by atoms with Gasteiger partial charge >= 0.3 is 0 Å². The zero-order valence-corrected chi connectivity index (χ0v) is 13.3. The van der Waals surface area contributed by atoms with Gasteiger partial charge in [0, 0.05) is 24.8 Å². The molecule has 2 amide bonds. The Morgan fingerprint density at radius 1 is 1.26 bits per heavy atom. The number of nitrogens with one attached hydrogen (secondary N) is 2. The second-order valence-electron chi connectivity index (χ2n) is 5.54. The SMILES string of the molecule is C=CCNC(=O)c1cc(C(=O)NCCC2=CCCCC2)ccn1. The first kappa shape index (κ1) is 16.9. The van der Waals surface area contributed by atoms with E-state index in [0.29, 0.717) is 18.7 Å². The van der Waals surface area contributed by atoms with E-state index < -0.39 is 0 Å². The summed E-state index contributed by atoms with van der Waals surface area (Å²) in [6.45, 7) is 4.52. The van der Waals surface area contributed by atoms with Gasteiger partial charge in [-0.2, -0.15) is 0 Å². The Balaban J connectivity index is 1.87. The summed E-state index contributed by atoms with van der Waals surface area (Å²) in [6.07, 6.45) is 11.0. The van der Waals surface area contributed by atoms with Gasteiger partial charge < -0.3 is 10.6 Å². The summed E-state index contributed by atoms with van der Waals surface area (Å²) in [5, 5.41) is 5.54. The Bertz CT molecular complexity index is 608. The zero-order valence-electron chi connectivity index (χ0n) is 13.3. The molecule has 5 nitrogen and oxygen atoms in total. The molecule has 2 rings (SSSR count). The van der Waals surface area contributed by atoms with Crippen molar-refractivity contribution in [3.05, 3.63) is 53.9 Å². The first-order chi connectivity index (χ1) is 11.2. The predicted octanol–water partition coefficient (Wildman–Crippen LogP) is 2.62. The number of carbonyl (C=O) groups excluding carboxylic acids is 2. The molecule has 0 aliphatic heterocycles. The molecule has 0 radical (unpaired) electrons. The maximum Gasteiger partial charge on any atom is 0.270 e. The minimum atomic E-state index is -0.313. The molecular weight excluding hydrogens is 290 g/mol. The highest BCUT2D eigenvalue weighted by Gasteiger charge is 2.11. The van der Waals surface area contributed by atoms with E-state index >= 15 is 0 Å². The van der Waals surface area contributed by atoms with Crippen LogP contribution < -0.4 is 10.6 Å². The van der Waals surface area contributed by atoms with E-state index in [1.54, 1.807) is 12.1 Å². The van der Waals surface area contributed by atoms with E-state index in [9.17, 15) is 9.59 Å². The number of pyridine rings is 1. The summed E-state index contributed by atoms with van der Waals surface area (Å²) in [5.74, 6) is -0.492. The lowest BCUT2D eigenvalue weighted by molar-refractivity contribution is 0.0953. The molecule has 1 aliphatic carbocycles. The van der Waals surface area contributed by atoms with Crippen LogP contribution in [0, 0.1) is 0 Å². The van der Waals surface area contributed by atoms with Gasteiger partial charge in [-0.05, 0) is 44.2 Å². The van der Waals surface area contributed by atoms with Crippen LogP contribution in [0.4, 0.5) is 0 Å². The van der Waals surface area contributed by atoms with Crippen molar-refractivity contribution in [2.75, 3.05) is 13.1 Å². The van der Waals surface area contributed by atoms with Crippen molar-refractivity contribution in [2.45, 2.75) is 32.1 Å². The van der Waals surface area contributed by atoms with Crippen LogP contribution in [0.3, 0.4) is 0 Å². The Labute approximate surface area is 136 Å². The van der Waals surface area contributed by atoms with E-state index in [1.165, 1.54) is 30.7 Å². The van der Waals surface area contributed by atoms with Crippen LogP contribution in [0.25, 0.3) is 0 Å². The van der Waals surface area contributed by atoms with Crippen LogP contribution in [-0.2, 0) is 0 Å². The van der Waals surface area contributed by atoms with Gasteiger partial charge in [0.1, 0.15) is 5.69 Å². The van der Waals surface area contributed by atoms with E-state index in [4.69, 9.17) is 0 Å². The third-order valence-corrected chi connectivity index (χ3v) is 3.78. The summed E-state index contributed by atoms with van der Waals surface area (Å²) >= 11 is 0. The molecule has 23 heavy (non-hydrogen) atoms. The highest BCUT2D eigenvalue weighted by atomic mass is 16.2. The number of nitrogens with zero attached hydrogens (tertiary/aromatic N) is 1. The Kier molecular flexibility index (Phi) is 6.54. The molecule has 0 fully saturated rings.